The summed E-state index contributed by atoms with van der Waals surface area (Å²) in [5.41, 5.74) is 1.37. The minimum Gasteiger partial charge on any atom is -0.447 e. The molecule has 136 valence electrons. The molecule has 1 aliphatic heterocycles. The van der Waals surface area contributed by atoms with E-state index in [4.69, 9.17) is 4.74 Å². The van der Waals surface area contributed by atoms with Gasteiger partial charge in [-0.15, -0.1) is 11.3 Å². The largest absolute Gasteiger partial charge is 0.447 e. The van der Waals surface area contributed by atoms with Crippen molar-refractivity contribution in [3.8, 4) is 0 Å². The van der Waals surface area contributed by atoms with Crippen LogP contribution in [0.2, 0.25) is 0 Å². The van der Waals surface area contributed by atoms with Crippen molar-refractivity contribution in [3.63, 3.8) is 0 Å². The number of amides is 2. The van der Waals surface area contributed by atoms with Crippen molar-refractivity contribution in [2.24, 2.45) is 5.92 Å². The Morgan fingerprint density at radius 3 is 2.58 bits per heavy atom. The number of rotatable bonds is 5. The van der Waals surface area contributed by atoms with E-state index >= 15 is 0 Å². The highest BCUT2D eigenvalue weighted by molar-refractivity contribution is 7.10. The molecule has 2 aliphatic rings. The second-order valence-corrected chi connectivity index (χ2v) is 7.80. The fourth-order valence-corrected chi connectivity index (χ4v) is 4.69. The lowest BCUT2D eigenvalue weighted by atomic mass is 9.96. The molecule has 0 radical (unpaired) electrons. The van der Waals surface area contributed by atoms with E-state index in [0.717, 1.165) is 5.69 Å². The summed E-state index contributed by atoms with van der Waals surface area (Å²) < 4.78 is 4.96. The molecule has 2 amide bonds. The van der Waals surface area contributed by atoms with Crippen LogP contribution >= 0.6 is 11.3 Å². The van der Waals surface area contributed by atoms with Gasteiger partial charge < -0.3 is 10.1 Å². The average Bonchev–Trinajstić information content (AvgIpc) is 3.42. The van der Waals surface area contributed by atoms with E-state index in [-0.39, 0.29) is 18.0 Å². The molecule has 26 heavy (non-hydrogen) atoms. The Kier molecular flexibility index (Phi) is 4.93. The summed E-state index contributed by atoms with van der Waals surface area (Å²) in [6, 6.07) is 11.4. The van der Waals surface area contributed by atoms with Crippen molar-refractivity contribution in [2.75, 3.05) is 18.1 Å². The number of nitrogens with one attached hydrogen (secondary N) is 1. The Bertz CT molecular complexity index is 767. The van der Waals surface area contributed by atoms with Crippen LogP contribution in [0.5, 0.6) is 0 Å². The molecule has 1 aromatic heterocycles. The predicted molar refractivity (Wildman–Crippen MR) is 102 cm³/mol. The Balaban J connectivity index is 1.48. The zero-order valence-electron chi connectivity index (χ0n) is 14.5. The Labute approximate surface area is 157 Å². The zero-order valence-corrected chi connectivity index (χ0v) is 15.3. The third kappa shape index (κ3) is 3.46. The van der Waals surface area contributed by atoms with Crippen LogP contribution in [0.15, 0.2) is 41.8 Å². The smallest absolute Gasteiger partial charge is 0.414 e. The van der Waals surface area contributed by atoms with Gasteiger partial charge in [-0.1, -0.05) is 18.9 Å². The van der Waals surface area contributed by atoms with Gasteiger partial charge in [-0.05, 0) is 54.5 Å². The van der Waals surface area contributed by atoms with Crippen molar-refractivity contribution in [2.45, 2.75) is 31.7 Å². The molecule has 2 fully saturated rings. The fourth-order valence-electron chi connectivity index (χ4n) is 3.83. The van der Waals surface area contributed by atoms with Crippen LogP contribution < -0.4 is 10.2 Å². The zero-order chi connectivity index (χ0) is 17.9. The van der Waals surface area contributed by atoms with Gasteiger partial charge in [-0.3, -0.25) is 9.69 Å². The van der Waals surface area contributed by atoms with Crippen LogP contribution in [0.1, 0.15) is 47.0 Å². The molecule has 0 bridgehead atoms. The second kappa shape index (κ2) is 7.50. The minimum atomic E-state index is -0.332. The highest BCUT2D eigenvalue weighted by Crippen LogP contribution is 2.37. The second-order valence-electron chi connectivity index (χ2n) is 6.82. The van der Waals surface area contributed by atoms with Crippen molar-refractivity contribution in [1.82, 2.24) is 5.32 Å². The highest BCUT2D eigenvalue weighted by atomic mass is 32.1. The van der Waals surface area contributed by atoms with E-state index in [1.807, 2.05) is 6.07 Å². The van der Waals surface area contributed by atoms with Gasteiger partial charge in [0.05, 0.1) is 12.6 Å². The molecule has 1 atom stereocenters. The van der Waals surface area contributed by atoms with Gasteiger partial charge in [0.15, 0.2) is 0 Å². The maximum absolute atomic E-state index is 12.8. The summed E-state index contributed by atoms with van der Waals surface area (Å²) in [5.74, 6) is 0.446. The molecule has 1 N–H and O–H groups in total. The molecule has 1 unspecified atom stereocenters. The first-order chi connectivity index (χ1) is 12.7. The van der Waals surface area contributed by atoms with Gasteiger partial charge in [0.25, 0.3) is 5.91 Å². The molecule has 0 spiro atoms. The molecule has 2 aromatic rings. The number of nitrogens with zero attached hydrogens (tertiary/aromatic N) is 1. The van der Waals surface area contributed by atoms with Gasteiger partial charge in [-0.25, -0.2) is 4.79 Å². The van der Waals surface area contributed by atoms with E-state index in [1.165, 1.54) is 30.6 Å². The fraction of sp³-hybridized carbons (Fsp3) is 0.400. The third-order valence-electron chi connectivity index (χ3n) is 5.21. The Morgan fingerprint density at radius 1 is 1.19 bits per heavy atom. The molecule has 1 aromatic carbocycles. The summed E-state index contributed by atoms with van der Waals surface area (Å²) in [6.07, 6.45) is 4.48. The molecule has 1 saturated carbocycles. The molecule has 1 aliphatic carbocycles. The average molecular weight is 370 g/mol. The molecular formula is C20H22N2O3S. The summed E-state index contributed by atoms with van der Waals surface area (Å²) >= 11 is 1.70. The number of hydrogen-bond donors (Lipinski definition) is 1. The van der Waals surface area contributed by atoms with Gasteiger partial charge in [0.1, 0.15) is 6.61 Å². The van der Waals surface area contributed by atoms with E-state index < -0.39 is 0 Å². The maximum atomic E-state index is 12.8. The van der Waals surface area contributed by atoms with Crippen LogP contribution in [-0.2, 0) is 4.74 Å². The van der Waals surface area contributed by atoms with E-state index in [0.29, 0.717) is 24.6 Å². The number of benzene rings is 1. The van der Waals surface area contributed by atoms with Crippen molar-refractivity contribution < 1.29 is 14.3 Å². The molecule has 5 nitrogen and oxygen atoms in total. The lowest BCUT2D eigenvalue weighted by Crippen LogP contribution is -2.32. The molecule has 1 saturated heterocycles. The number of carbonyl (C=O) groups is 2. The number of carbonyl (C=O) groups excluding carboxylic acids is 2. The lowest BCUT2D eigenvalue weighted by Gasteiger charge is -2.24. The predicted octanol–water partition coefficient (Wildman–Crippen LogP) is 4.37. The first-order valence-corrected chi connectivity index (χ1v) is 9.99. The summed E-state index contributed by atoms with van der Waals surface area (Å²) in [6.45, 7) is 0.956. The van der Waals surface area contributed by atoms with Gasteiger partial charge in [0, 0.05) is 16.1 Å². The third-order valence-corrected chi connectivity index (χ3v) is 6.16. The van der Waals surface area contributed by atoms with E-state index in [9.17, 15) is 9.59 Å². The SMILES string of the molecule is O=C(NC(c1cccs1)C1CCCC1)c1ccc(N2CCOC2=O)cc1. The van der Waals surface area contributed by atoms with Gasteiger partial charge in [0.2, 0.25) is 0 Å². The van der Waals surface area contributed by atoms with Gasteiger partial charge >= 0.3 is 6.09 Å². The van der Waals surface area contributed by atoms with Crippen LogP contribution in [0, 0.1) is 5.92 Å². The number of anilines is 1. The monoisotopic (exact) mass is 370 g/mol. The number of ether oxygens (including phenoxy) is 1. The maximum Gasteiger partial charge on any atom is 0.414 e. The summed E-state index contributed by atoms with van der Waals surface area (Å²) in [7, 11) is 0. The molecule has 4 rings (SSSR count). The lowest BCUT2D eigenvalue weighted by molar-refractivity contribution is 0.0923. The van der Waals surface area contributed by atoms with Crippen LogP contribution in [0.4, 0.5) is 10.5 Å². The number of cyclic esters (lactones) is 1. The standard InChI is InChI=1S/C20H22N2O3S/c23-19(15-7-9-16(10-8-15)22-11-12-25-20(22)24)21-18(14-4-1-2-5-14)17-6-3-13-26-17/h3,6-10,13-14,18H,1-2,4-5,11-12H2,(H,21,23). The minimum absolute atomic E-state index is 0.0640. The first kappa shape index (κ1) is 17.1. The summed E-state index contributed by atoms with van der Waals surface area (Å²) in [4.78, 5) is 27.2. The Hall–Kier alpha value is -2.34. The normalized spacial score (nSPS) is 18.8. The molecule has 6 heteroatoms. The van der Waals surface area contributed by atoms with Gasteiger partial charge in [-0.2, -0.15) is 0 Å². The van der Waals surface area contributed by atoms with Crippen LogP contribution in [0.3, 0.4) is 0 Å². The molecular weight excluding hydrogens is 348 g/mol. The van der Waals surface area contributed by atoms with E-state index in [2.05, 4.69) is 16.8 Å². The number of thiophene rings is 1. The van der Waals surface area contributed by atoms with Crippen LogP contribution in [-0.4, -0.2) is 25.2 Å². The van der Waals surface area contributed by atoms with Crippen molar-refractivity contribution in [1.29, 1.82) is 0 Å². The van der Waals surface area contributed by atoms with E-state index in [1.54, 1.807) is 40.5 Å². The van der Waals surface area contributed by atoms with Crippen molar-refractivity contribution >= 4 is 29.0 Å². The van der Waals surface area contributed by atoms with Crippen LogP contribution in [0.25, 0.3) is 0 Å². The highest BCUT2D eigenvalue weighted by Gasteiger charge is 2.29. The Morgan fingerprint density at radius 2 is 1.96 bits per heavy atom. The van der Waals surface area contributed by atoms with Crippen molar-refractivity contribution in [3.05, 3.63) is 52.2 Å². The summed E-state index contributed by atoms with van der Waals surface area (Å²) in [5, 5.41) is 5.30. The number of hydrogen-bond acceptors (Lipinski definition) is 4. The first-order valence-electron chi connectivity index (χ1n) is 9.11. The molecule has 2 heterocycles. The quantitative estimate of drug-likeness (QED) is 0.850. The topological polar surface area (TPSA) is 58.6 Å².